The molecule has 1 atom stereocenters. The van der Waals surface area contributed by atoms with E-state index in [2.05, 4.69) is 20.8 Å². The van der Waals surface area contributed by atoms with Gasteiger partial charge in [-0.1, -0.05) is 12.1 Å². The number of rotatable bonds is 5. The van der Waals surface area contributed by atoms with Gasteiger partial charge in [0.2, 0.25) is 0 Å². The molecule has 3 rings (SSSR count). The van der Waals surface area contributed by atoms with E-state index in [1.54, 1.807) is 12.5 Å². The summed E-state index contributed by atoms with van der Waals surface area (Å²) < 4.78 is 7.50. The summed E-state index contributed by atoms with van der Waals surface area (Å²) in [7, 11) is 0. The van der Waals surface area contributed by atoms with Crippen molar-refractivity contribution in [3.8, 4) is 5.69 Å². The molecule has 2 heterocycles. The number of nitrogens with zero attached hydrogens (tertiary/aromatic N) is 3. The molecule has 1 aromatic heterocycles. The van der Waals surface area contributed by atoms with Gasteiger partial charge in [-0.3, -0.25) is 5.43 Å². The van der Waals surface area contributed by atoms with E-state index in [9.17, 15) is 0 Å². The maximum absolute atomic E-state index is 5.55. The number of hydrazone groups is 1. The van der Waals surface area contributed by atoms with Crippen LogP contribution in [0.2, 0.25) is 0 Å². The number of nitrogens with one attached hydrogen (secondary N) is 2. The molecule has 1 unspecified atom stereocenters. The van der Waals surface area contributed by atoms with Gasteiger partial charge >= 0.3 is 0 Å². The first-order chi connectivity index (χ1) is 11.7. The van der Waals surface area contributed by atoms with E-state index in [4.69, 9.17) is 17.0 Å². The van der Waals surface area contributed by atoms with Gasteiger partial charge in [0.15, 0.2) is 5.11 Å². The van der Waals surface area contributed by atoms with Gasteiger partial charge in [-0.25, -0.2) is 4.98 Å². The standard InChI is InChI=1S/C17H21N5OS/c1-13(20-21-17(24)19-11-16-3-2-10-23-16)14-4-6-15(7-5-14)22-9-8-18-12-22/h4-9,12,16H,2-3,10-11H2,1H3,(H2,19,21,24). The molecule has 0 aliphatic carbocycles. The first-order valence-corrected chi connectivity index (χ1v) is 8.42. The van der Waals surface area contributed by atoms with Crippen molar-refractivity contribution in [1.29, 1.82) is 0 Å². The van der Waals surface area contributed by atoms with Gasteiger partial charge in [0.1, 0.15) is 0 Å². The number of hydrogen-bond acceptors (Lipinski definition) is 4. The lowest BCUT2D eigenvalue weighted by Crippen LogP contribution is -2.37. The number of thiocarbonyl (C=S) groups is 1. The van der Waals surface area contributed by atoms with Gasteiger partial charge < -0.3 is 14.6 Å². The van der Waals surface area contributed by atoms with Crippen molar-refractivity contribution in [3.05, 3.63) is 48.5 Å². The largest absolute Gasteiger partial charge is 0.376 e. The van der Waals surface area contributed by atoms with Crippen molar-refractivity contribution in [2.75, 3.05) is 13.2 Å². The minimum absolute atomic E-state index is 0.255. The second-order valence-electron chi connectivity index (χ2n) is 5.67. The summed E-state index contributed by atoms with van der Waals surface area (Å²) in [4.78, 5) is 4.05. The first-order valence-electron chi connectivity index (χ1n) is 8.01. The average Bonchev–Trinajstić information content (AvgIpc) is 3.31. The molecule has 0 radical (unpaired) electrons. The van der Waals surface area contributed by atoms with Crippen LogP contribution in [0.1, 0.15) is 25.3 Å². The van der Waals surface area contributed by atoms with Crippen LogP contribution < -0.4 is 10.7 Å². The Morgan fingerprint density at radius 3 is 2.92 bits per heavy atom. The van der Waals surface area contributed by atoms with Crippen LogP contribution in [-0.2, 0) is 4.74 Å². The van der Waals surface area contributed by atoms with E-state index in [-0.39, 0.29) is 6.10 Å². The summed E-state index contributed by atoms with van der Waals surface area (Å²) in [5, 5.41) is 7.99. The molecule has 0 spiro atoms. The molecule has 7 heteroatoms. The Morgan fingerprint density at radius 2 is 2.25 bits per heavy atom. The lowest BCUT2D eigenvalue weighted by molar-refractivity contribution is 0.114. The number of imidazole rings is 1. The minimum atomic E-state index is 0.255. The molecule has 0 saturated carbocycles. The molecule has 1 saturated heterocycles. The van der Waals surface area contributed by atoms with Gasteiger partial charge in [-0.05, 0) is 49.7 Å². The van der Waals surface area contributed by atoms with Crippen molar-refractivity contribution in [2.24, 2.45) is 5.10 Å². The molecular formula is C17H21N5OS. The van der Waals surface area contributed by atoms with Crippen LogP contribution in [0, 0.1) is 0 Å². The lowest BCUT2D eigenvalue weighted by Gasteiger charge is -2.12. The SMILES string of the molecule is CC(=NNC(=S)NCC1CCCO1)c1ccc(-n2ccnc2)cc1. The molecule has 2 N–H and O–H groups in total. The Morgan fingerprint density at radius 1 is 1.42 bits per heavy atom. The maximum Gasteiger partial charge on any atom is 0.187 e. The highest BCUT2D eigenvalue weighted by atomic mass is 32.1. The molecule has 126 valence electrons. The summed E-state index contributed by atoms with van der Waals surface area (Å²) in [6, 6.07) is 8.12. The molecule has 24 heavy (non-hydrogen) atoms. The van der Waals surface area contributed by atoms with E-state index in [0.29, 0.717) is 5.11 Å². The second-order valence-corrected chi connectivity index (χ2v) is 6.08. The van der Waals surface area contributed by atoms with E-state index < -0.39 is 0 Å². The second kappa shape index (κ2) is 8.03. The maximum atomic E-state index is 5.55. The van der Waals surface area contributed by atoms with Gasteiger partial charge in [0, 0.05) is 31.2 Å². The number of hydrogen-bond donors (Lipinski definition) is 2. The summed E-state index contributed by atoms with van der Waals surface area (Å²) in [6.07, 6.45) is 7.91. The van der Waals surface area contributed by atoms with E-state index in [1.165, 1.54) is 0 Å². The molecule has 0 bridgehead atoms. The molecule has 0 amide bonds. The minimum Gasteiger partial charge on any atom is -0.376 e. The fraction of sp³-hybridized carbons (Fsp3) is 0.353. The Labute approximate surface area is 146 Å². The molecule has 1 fully saturated rings. The van der Waals surface area contributed by atoms with Crippen LogP contribution in [-0.4, -0.2) is 39.6 Å². The predicted molar refractivity (Wildman–Crippen MR) is 98.5 cm³/mol. The van der Waals surface area contributed by atoms with Crippen molar-refractivity contribution < 1.29 is 4.74 Å². The van der Waals surface area contributed by atoms with Crippen LogP contribution in [0.3, 0.4) is 0 Å². The van der Waals surface area contributed by atoms with Crippen molar-refractivity contribution in [2.45, 2.75) is 25.9 Å². The van der Waals surface area contributed by atoms with Gasteiger partial charge in [-0.2, -0.15) is 5.10 Å². The van der Waals surface area contributed by atoms with Gasteiger partial charge in [0.25, 0.3) is 0 Å². The summed E-state index contributed by atoms with van der Waals surface area (Å²) in [5.74, 6) is 0. The molecular weight excluding hydrogens is 322 g/mol. The fourth-order valence-electron chi connectivity index (χ4n) is 2.54. The average molecular weight is 343 g/mol. The van der Waals surface area contributed by atoms with Crippen LogP contribution in [0.5, 0.6) is 0 Å². The Balaban J connectivity index is 1.52. The zero-order valence-corrected chi connectivity index (χ0v) is 14.4. The third kappa shape index (κ3) is 4.39. The Kier molecular flexibility index (Phi) is 5.55. The molecule has 1 aliphatic rings. The highest BCUT2D eigenvalue weighted by Crippen LogP contribution is 2.11. The Hall–Kier alpha value is -2.25. The summed E-state index contributed by atoms with van der Waals surface area (Å²) >= 11 is 5.24. The van der Waals surface area contributed by atoms with Gasteiger partial charge in [0.05, 0.1) is 18.1 Å². The van der Waals surface area contributed by atoms with E-state index in [1.807, 2.05) is 42.0 Å². The van der Waals surface area contributed by atoms with Crippen molar-refractivity contribution in [1.82, 2.24) is 20.3 Å². The normalized spacial score (nSPS) is 17.7. The van der Waals surface area contributed by atoms with Crippen molar-refractivity contribution in [3.63, 3.8) is 0 Å². The zero-order valence-electron chi connectivity index (χ0n) is 13.6. The van der Waals surface area contributed by atoms with Crippen LogP contribution >= 0.6 is 12.2 Å². The van der Waals surface area contributed by atoms with Gasteiger partial charge in [-0.15, -0.1) is 0 Å². The monoisotopic (exact) mass is 343 g/mol. The summed E-state index contributed by atoms with van der Waals surface area (Å²) in [5.41, 5.74) is 5.85. The molecule has 1 aliphatic heterocycles. The highest BCUT2D eigenvalue weighted by Gasteiger charge is 2.15. The number of ether oxygens (including phenoxy) is 1. The predicted octanol–water partition coefficient (Wildman–Crippen LogP) is 2.24. The zero-order chi connectivity index (χ0) is 16.8. The van der Waals surface area contributed by atoms with Crippen LogP contribution in [0.15, 0.2) is 48.1 Å². The third-order valence-electron chi connectivity index (χ3n) is 3.93. The number of aromatic nitrogens is 2. The molecule has 6 nitrogen and oxygen atoms in total. The molecule has 1 aromatic carbocycles. The van der Waals surface area contributed by atoms with E-state index >= 15 is 0 Å². The fourth-order valence-corrected chi connectivity index (χ4v) is 2.67. The number of benzene rings is 1. The Bertz CT molecular complexity index is 690. The van der Waals surface area contributed by atoms with Crippen LogP contribution in [0.4, 0.5) is 0 Å². The van der Waals surface area contributed by atoms with E-state index in [0.717, 1.165) is 43.0 Å². The lowest BCUT2D eigenvalue weighted by atomic mass is 10.1. The van der Waals surface area contributed by atoms with Crippen molar-refractivity contribution >= 4 is 23.0 Å². The topological polar surface area (TPSA) is 63.5 Å². The summed E-state index contributed by atoms with van der Waals surface area (Å²) in [6.45, 7) is 3.51. The highest BCUT2D eigenvalue weighted by molar-refractivity contribution is 7.80. The third-order valence-corrected chi connectivity index (χ3v) is 4.16. The van der Waals surface area contributed by atoms with Crippen LogP contribution in [0.25, 0.3) is 5.69 Å². The quantitative estimate of drug-likeness (QED) is 0.495. The molecule has 2 aromatic rings. The smallest absolute Gasteiger partial charge is 0.187 e. The first kappa shape index (κ1) is 16.6.